The third-order valence-electron chi connectivity index (χ3n) is 4.67. The summed E-state index contributed by atoms with van der Waals surface area (Å²) in [5, 5.41) is 0. The molecule has 1 saturated heterocycles. The number of nitrogens with zero attached hydrogens (tertiary/aromatic N) is 3. The smallest absolute Gasteiger partial charge is 0.231 e. The van der Waals surface area contributed by atoms with Crippen molar-refractivity contribution in [3.05, 3.63) is 23.8 Å². The average molecular weight is 361 g/mol. The van der Waals surface area contributed by atoms with Gasteiger partial charge in [-0.25, -0.2) is 0 Å². The number of carbonyl (C=O) groups excluding carboxylic acids is 3. The van der Waals surface area contributed by atoms with Crippen LogP contribution < -0.4 is 9.47 Å². The third kappa shape index (κ3) is 4.25. The summed E-state index contributed by atoms with van der Waals surface area (Å²) in [6, 6.07) is 5.58. The van der Waals surface area contributed by atoms with Gasteiger partial charge in [0, 0.05) is 52.6 Å². The second kappa shape index (κ2) is 8.07. The molecule has 2 heterocycles. The van der Waals surface area contributed by atoms with Crippen molar-refractivity contribution in [1.82, 2.24) is 14.7 Å². The molecule has 0 spiro atoms. The second-order valence-corrected chi connectivity index (χ2v) is 6.40. The molecule has 1 aromatic carbocycles. The summed E-state index contributed by atoms with van der Waals surface area (Å²) in [6.45, 7) is 4.68. The van der Waals surface area contributed by atoms with E-state index in [9.17, 15) is 14.4 Å². The van der Waals surface area contributed by atoms with Gasteiger partial charge in [0.1, 0.15) is 0 Å². The van der Waals surface area contributed by atoms with Crippen LogP contribution in [0.15, 0.2) is 18.2 Å². The number of piperazine rings is 1. The summed E-state index contributed by atoms with van der Waals surface area (Å²) >= 11 is 0. The zero-order valence-corrected chi connectivity index (χ0v) is 14.8. The quantitative estimate of drug-likeness (QED) is 0.688. The Bertz CT molecular complexity index is 685. The van der Waals surface area contributed by atoms with Gasteiger partial charge in [0.25, 0.3) is 0 Å². The van der Waals surface area contributed by atoms with Gasteiger partial charge in [-0.3, -0.25) is 14.4 Å². The molecule has 0 saturated carbocycles. The summed E-state index contributed by atoms with van der Waals surface area (Å²) in [4.78, 5) is 40.1. The van der Waals surface area contributed by atoms with Crippen LogP contribution in [-0.2, 0) is 20.9 Å². The molecule has 3 rings (SSSR count). The first-order chi connectivity index (χ1) is 12.6. The lowest BCUT2D eigenvalue weighted by Crippen LogP contribution is -2.48. The molecule has 1 fully saturated rings. The Balaban J connectivity index is 1.53. The molecule has 3 amide bonds. The van der Waals surface area contributed by atoms with Crippen LogP contribution in [0.3, 0.4) is 0 Å². The molecule has 0 radical (unpaired) electrons. The lowest BCUT2D eigenvalue weighted by Gasteiger charge is -2.33. The van der Waals surface area contributed by atoms with Gasteiger partial charge in [-0.05, 0) is 17.7 Å². The molecule has 0 unspecified atom stereocenters. The lowest BCUT2D eigenvalue weighted by molar-refractivity contribution is -0.136. The number of ether oxygens (including phenoxy) is 2. The first-order valence-electron chi connectivity index (χ1n) is 8.68. The Kier molecular flexibility index (Phi) is 5.60. The Morgan fingerprint density at radius 2 is 1.88 bits per heavy atom. The Morgan fingerprint density at radius 3 is 2.58 bits per heavy atom. The lowest BCUT2D eigenvalue weighted by atomic mass is 10.1. The number of hydrogen-bond donors (Lipinski definition) is 0. The van der Waals surface area contributed by atoms with Crippen LogP contribution in [0.5, 0.6) is 11.5 Å². The van der Waals surface area contributed by atoms with Gasteiger partial charge in [0.2, 0.25) is 25.0 Å². The second-order valence-electron chi connectivity index (χ2n) is 6.40. The number of rotatable bonds is 6. The third-order valence-corrected chi connectivity index (χ3v) is 4.67. The van der Waals surface area contributed by atoms with E-state index < -0.39 is 0 Å². The van der Waals surface area contributed by atoms with Gasteiger partial charge in [0.05, 0.1) is 0 Å². The molecule has 0 bridgehead atoms. The number of fused-ring (bicyclic) bond motifs is 1. The fourth-order valence-electron chi connectivity index (χ4n) is 3.07. The van der Waals surface area contributed by atoms with Crippen LogP contribution in [0.2, 0.25) is 0 Å². The van der Waals surface area contributed by atoms with Crippen molar-refractivity contribution in [2.75, 3.05) is 39.5 Å². The number of benzene rings is 1. The van der Waals surface area contributed by atoms with Gasteiger partial charge < -0.3 is 24.2 Å². The van der Waals surface area contributed by atoms with Gasteiger partial charge >= 0.3 is 0 Å². The van der Waals surface area contributed by atoms with Gasteiger partial charge in [-0.15, -0.1) is 0 Å². The predicted octanol–water partition coefficient (Wildman–Crippen LogP) is 0.455. The standard InChI is InChI=1S/C18H23N3O5/c1-14(23)21(11-15-2-3-16-17(10-15)26-13-25-16)5-4-18(24)20-8-6-19(12-22)7-9-20/h2-3,10,12H,4-9,11,13H2,1H3. The van der Waals surface area contributed by atoms with Crippen LogP contribution in [-0.4, -0.2) is 72.4 Å². The molecule has 8 heteroatoms. The highest BCUT2D eigenvalue weighted by atomic mass is 16.7. The van der Waals surface area contributed by atoms with E-state index in [1.54, 1.807) is 14.7 Å². The Labute approximate surface area is 152 Å². The highest BCUT2D eigenvalue weighted by Crippen LogP contribution is 2.32. The molecule has 0 atom stereocenters. The highest BCUT2D eigenvalue weighted by molar-refractivity contribution is 5.78. The Morgan fingerprint density at radius 1 is 1.15 bits per heavy atom. The number of hydrogen-bond acceptors (Lipinski definition) is 5. The van der Waals surface area contributed by atoms with Crippen LogP contribution >= 0.6 is 0 Å². The van der Waals surface area contributed by atoms with E-state index in [2.05, 4.69) is 0 Å². The average Bonchev–Trinajstić information content (AvgIpc) is 3.12. The fraction of sp³-hybridized carbons (Fsp3) is 0.500. The van der Waals surface area contributed by atoms with Crippen molar-refractivity contribution in [2.45, 2.75) is 19.9 Å². The van der Waals surface area contributed by atoms with Crippen molar-refractivity contribution in [3.63, 3.8) is 0 Å². The van der Waals surface area contributed by atoms with E-state index in [1.165, 1.54) is 6.92 Å². The van der Waals surface area contributed by atoms with Gasteiger partial charge in [-0.1, -0.05) is 6.07 Å². The minimum absolute atomic E-state index is 0.00693. The van der Waals surface area contributed by atoms with Crippen LogP contribution in [0.4, 0.5) is 0 Å². The highest BCUT2D eigenvalue weighted by Gasteiger charge is 2.21. The van der Waals surface area contributed by atoms with Crippen LogP contribution in [0, 0.1) is 0 Å². The molecule has 2 aliphatic heterocycles. The molecule has 8 nitrogen and oxygen atoms in total. The van der Waals surface area contributed by atoms with Crippen LogP contribution in [0.1, 0.15) is 18.9 Å². The Hall–Kier alpha value is -2.77. The van der Waals surface area contributed by atoms with E-state index in [1.807, 2.05) is 18.2 Å². The molecular formula is C18H23N3O5. The van der Waals surface area contributed by atoms with Gasteiger partial charge in [0.15, 0.2) is 11.5 Å². The molecule has 140 valence electrons. The molecule has 2 aliphatic rings. The molecule has 26 heavy (non-hydrogen) atoms. The molecule has 0 aromatic heterocycles. The van der Waals surface area contributed by atoms with Crippen molar-refractivity contribution >= 4 is 18.2 Å². The maximum atomic E-state index is 12.4. The molecule has 0 N–H and O–H groups in total. The topological polar surface area (TPSA) is 79.4 Å². The van der Waals surface area contributed by atoms with Crippen LogP contribution in [0.25, 0.3) is 0 Å². The number of carbonyl (C=O) groups is 3. The predicted molar refractivity (Wildman–Crippen MR) is 92.5 cm³/mol. The van der Waals surface area contributed by atoms with Gasteiger partial charge in [-0.2, -0.15) is 0 Å². The molecule has 1 aromatic rings. The zero-order chi connectivity index (χ0) is 18.5. The zero-order valence-electron chi connectivity index (χ0n) is 14.8. The van der Waals surface area contributed by atoms with E-state index in [-0.39, 0.29) is 25.0 Å². The summed E-state index contributed by atoms with van der Waals surface area (Å²) in [5.74, 6) is 1.30. The monoisotopic (exact) mass is 361 g/mol. The normalized spacial score (nSPS) is 15.7. The summed E-state index contributed by atoms with van der Waals surface area (Å²) in [5.41, 5.74) is 0.927. The first kappa shape index (κ1) is 18.0. The maximum Gasteiger partial charge on any atom is 0.231 e. The van der Waals surface area contributed by atoms with E-state index in [0.717, 1.165) is 12.0 Å². The number of amides is 3. The maximum absolute atomic E-state index is 12.4. The largest absolute Gasteiger partial charge is 0.454 e. The molecule has 0 aliphatic carbocycles. The van der Waals surface area contributed by atoms with E-state index in [4.69, 9.17) is 9.47 Å². The minimum Gasteiger partial charge on any atom is -0.454 e. The van der Waals surface area contributed by atoms with E-state index in [0.29, 0.717) is 50.8 Å². The van der Waals surface area contributed by atoms with Crippen molar-refractivity contribution in [3.8, 4) is 11.5 Å². The SMILES string of the molecule is CC(=O)N(CCC(=O)N1CCN(C=O)CC1)Cc1ccc2c(c1)OCO2. The molecular weight excluding hydrogens is 338 g/mol. The van der Waals surface area contributed by atoms with Crippen molar-refractivity contribution < 1.29 is 23.9 Å². The van der Waals surface area contributed by atoms with Crippen molar-refractivity contribution in [1.29, 1.82) is 0 Å². The summed E-state index contributed by atoms with van der Waals surface area (Å²) < 4.78 is 10.7. The fourth-order valence-corrected chi connectivity index (χ4v) is 3.07. The minimum atomic E-state index is -0.0822. The van der Waals surface area contributed by atoms with Crippen molar-refractivity contribution in [2.24, 2.45) is 0 Å². The summed E-state index contributed by atoms with van der Waals surface area (Å²) in [7, 11) is 0. The van der Waals surface area contributed by atoms with E-state index >= 15 is 0 Å². The first-order valence-corrected chi connectivity index (χ1v) is 8.68. The summed E-state index contributed by atoms with van der Waals surface area (Å²) in [6.07, 6.45) is 1.08.